The van der Waals surface area contributed by atoms with Crippen molar-refractivity contribution in [3.8, 4) is 0 Å². The van der Waals surface area contributed by atoms with Gasteiger partial charge in [-0.25, -0.2) is 0 Å². The van der Waals surface area contributed by atoms with Crippen LogP contribution in [0.3, 0.4) is 0 Å². The predicted molar refractivity (Wildman–Crippen MR) is 244 cm³/mol. The van der Waals surface area contributed by atoms with Crippen LogP contribution >= 0.6 is 0 Å². The topological polar surface area (TPSA) is 256 Å². The van der Waals surface area contributed by atoms with Crippen molar-refractivity contribution < 1.29 is 52.9 Å². The molecule has 7 amide bonds. The minimum Gasteiger partial charge on any atom is -0.460 e. The number of amides is 7. The number of aliphatic hydroxyl groups is 1. The highest BCUT2D eigenvalue weighted by Crippen LogP contribution is 2.37. The summed E-state index contributed by atoms with van der Waals surface area (Å²) in [4.78, 5) is 110. The van der Waals surface area contributed by atoms with E-state index in [-0.39, 0.29) is 57.9 Å². The van der Waals surface area contributed by atoms with E-state index in [9.17, 15) is 43.5 Å². The van der Waals surface area contributed by atoms with Gasteiger partial charge >= 0.3 is 5.97 Å². The Morgan fingerprint density at radius 1 is 0.742 bits per heavy atom. The first-order chi connectivity index (χ1) is 30.7. The molecule has 2 saturated heterocycles. The number of imide groups is 2. The molecule has 2 aromatic carbocycles. The average molecular weight is 920 g/mol. The van der Waals surface area contributed by atoms with Crippen LogP contribution in [-0.2, 0) is 60.9 Å². The van der Waals surface area contributed by atoms with Crippen LogP contribution in [0.2, 0.25) is 0 Å². The summed E-state index contributed by atoms with van der Waals surface area (Å²) < 4.78 is 11.4. The number of carbonyl (C=O) groups is 8. The van der Waals surface area contributed by atoms with Gasteiger partial charge in [0.05, 0.1) is 36.4 Å². The predicted octanol–water partition coefficient (Wildman–Crippen LogP) is 2.76. The molecule has 0 aliphatic carbocycles. The van der Waals surface area contributed by atoms with Crippen LogP contribution in [0, 0.1) is 28.1 Å². The van der Waals surface area contributed by atoms with Crippen molar-refractivity contribution in [2.24, 2.45) is 33.8 Å². The second kappa shape index (κ2) is 22.8. The lowest BCUT2D eigenvalue weighted by Crippen LogP contribution is -2.54. The van der Waals surface area contributed by atoms with E-state index in [1.165, 1.54) is 0 Å². The fourth-order valence-electron chi connectivity index (χ4n) is 7.54. The van der Waals surface area contributed by atoms with E-state index >= 15 is 0 Å². The molecule has 2 aliphatic rings. The quantitative estimate of drug-likeness (QED) is 0.0457. The zero-order chi connectivity index (χ0) is 49.1. The number of benzene rings is 2. The van der Waals surface area contributed by atoms with Crippen molar-refractivity contribution in [2.45, 2.75) is 126 Å². The Labute approximate surface area is 387 Å². The smallest absolute Gasteiger partial charge is 0.311 e. The number of hydrogen-bond acceptors (Lipinski definition) is 13. The molecule has 2 aromatic rings. The van der Waals surface area contributed by atoms with Crippen molar-refractivity contribution in [1.82, 2.24) is 25.8 Å². The number of esters is 1. The summed E-state index contributed by atoms with van der Waals surface area (Å²) in [5.41, 5.74) is 5.49. The molecule has 4 rings (SSSR count). The Bertz CT molecular complexity index is 2000. The number of carbonyl (C=O) groups excluding carboxylic acids is 8. The van der Waals surface area contributed by atoms with Crippen molar-refractivity contribution in [3.05, 3.63) is 65.7 Å². The van der Waals surface area contributed by atoms with Crippen LogP contribution in [0.1, 0.15) is 99.1 Å². The Balaban J connectivity index is 1.52. The van der Waals surface area contributed by atoms with Gasteiger partial charge in [-0.2, -0.15) is 0 Å². The molecule has 0 bridgehead atoms. The second-order valence-corrected chi connectivity index (χ2v) is 20.3. The second-order valence-electron chi connectivity index (χ2n) is 20.3. The van der Waals surface area contributed by atoms with Gasteiger partial charge in [0.1, 0.15) is 25.3 Å². The van der Waals surface area contributed by atoms with E-state index in [2.05, 4.69) is 21.3 Å². The van der Waals surface area contributed by atoms with Crippen molar-refractivity contribution >= 4 is 53.0 Å². The Morgan fingerprint density at radius 3 is 1.77 bits per heavy atom. The van der Waals surface area contributed by atoms with E-state index in [1.807, 2.05) is 41.5 Å². The zero-order valence-electron chi connectivity index (χ0n) is 39.7. The maximum Gasteiger partial charge on any atom is 0.311 e. The monoisotopic (exact) mass is 920 g/mol. The first kappa shape index (κ1) is 53.1. The van der Waals surface area contributed by atoms with Crippen molar-refractivity contribution in [2.75, 3.05) is 31.6 Å². The van der Waals surface area contributed by atoms with Crippen LogP contribution < -0.4 is 27.0 Å². The number of aliphatic hydroxyl groups excluding tert-OH is 1. The summed E-state index contributed by atoms with van der Waals surface area (Å²) in [5.74, 6) is -5.29. The van der Waals surface area contributed by atoms with Gasteiger partial charge in [-0.05, 0) is 74.2 Å². The van der Waals surface area contributed by atoms with Gasteiger partial charge in [-0.3, -0.25) is 59.2 Å². The lowest BCUT2D eigenvalue weighted by atomic mass is 9.80. The highest BCUT2D eigenvalue weighted by Gasteiger charge is 2.48. The molecule has 0 aromatic heterocycles. The molecule has 18 nitrogen and oxygen atoms in total. The molecule has 2 fully saturated rings. The minimum atomic E-state index is -1.30. The van der Waals surface area contributed by atoms with Crippen LogP contribution in [-0.4, -0.2) is 113 Å². The number of nitrogens with zero attached hydrogens (tertiary/aromatic N) is 2. The molecule has 362 valence electrons. The third-order valence-corrected chi connectivity index (χ3v) is 11.6. The maximum absolute atomic E-state index is 14.2. The fraction of sp³-hybridized carbons (Fsp3) is 0.583. The maximum atomic E-state index is 14.2. The zero-order valence-corrected chi connectivity index (χ0v) is 39.7. The molecule has 0 radical (unpaired) electrons. The minimum absolute atomic E-state index is 0.00823. The third-order valence-electron chi connectivity index (χ3n) is 11.6. The summed E-state index contributed by atoms with van der Waals surface area (Å²) in [6.07, 6.45) is -2.07. The normalized spacial score (nSPS) is 18.8. The summed E-state index contributed by atoms with van der Waals surface area (Å²) in [7, 11) is 0. The number of rotatable bonds is 21. The Morgan fingerprint density at radius 2 is 1.29 bits per heavy atom. The third kappa shape index (κ3) is 15.5. The van der Waals surface area contributed by atoms with Gasteiger partial charge in [-0.1, -0.05) is 84.0 Å². The molecule has 3 unspecified atom stereocenters. The van der Waals surface area contributed by atoms with Gasteiger partial charge in [0, 0.05) is 24.9 Å². The fourth-order valence-corrected chi connectivity index (χ4v) is 7.54. The molecular formula is C48H69N7O11. The lowest BCUT2D eigenvalue weighted by molar-refractivity contribution is -0.154. The summed E-state index contributed by atoms with van der Waals surface area (Å²) in [6.45, 7) is 15.3. The molecule has 0 saturated carbocycles. The molecular weight excluding hydrogens is 851 g/mol. The highest BCUT2D eigenvalue weighted by atomic mass is 16.5. The van der Waals surface area contributed by atoms with Crippen LogP contribution in [0.4, 0.5) is 5.69 Å². The van der Waals surface area contributed by atoms with E-state index in [1.54, 1.807) is 75.4 Å². The van der Waals surface area contributed by atoms with Crippen LogP contribution in [0.25, 0.3) is 0 Å². The number of ether oxygens (including phenoxy) is 2. The lowest BCUT2D eigenvalue weighted by Gasteiger charge is -2.29. The Hall–Kier alpha value is -5.56. The van der Waals surface area contributed by atoms with E-state index in [0.29, 0.717) is 23.2 Å². The Kier molecular flexibility index (Phi) is 18.3. The molecule has 7 N–H and O–H groups in total. The number of likely N-dealkylation sites (tertiary alicyclic amines) is 2. The van der Waals surface area contributed by atoms with Gasteiger partial charge in [0.15, 0.2) is 6.35 Å². The van der Waals surface area contributed by atoms with Gasteiger partial charge < -0.3 is 30.5 Å². The molecule has 5 atom stereocenters. The van der Waals surface area contributed by atoms with E-state index in [0.717, 1.165) is 9.80 Å². The van der Waals surface area contributed by atoms with Gasteiger partial charge in [0.2, 0.25) is 41.4 Å². The molecule has 0 spiro atoms. The van der Waals surface area contributed by atoms with E-state index < -0.39 is 101 Å². The first-order valence-electron chi connectivity index (χ1n) is 22.4. The standard InChI is InChI=1S/C48H69N7O11/c1-46(2,3)33-23-38(57)54(42(33)61)25-32(26-55-39(58)24-34(43(55)62)47(4,5)6)65-28-37(56)52-36(22-29-14-11-10-12-15-29)41(60)53-35(16-13-21-50-45(49)64)40(59)51-31-19-17-30(18-20-31)27-66-44(63)48(7,8)9/h10-12,14-15,17-20,32-36,45,50,64H,13,16,21-28,49H2,1-9H3,(H,51,59)(H,52,56)(H,53,60)/t32?,33?,34?,35-,36+,45?/m0/s1. The number of anilines is 1. The number of hydrogen-bond donors (Lipinski definition) is 6. The number of nitrogens with two attached hydrogens (primary N) is 1. The van der Waals surface area contributed by atoms with Gasteiger partial charge in [-0.15, -0.1) is 0 Å². The van der Waals surface area contributed by atoms with Crippen molar-refractivity contribution in [3.63, 3.8) is 0 Å². The van der Waals surface area contributed by atoms with Crippen molar-refractivity contribution in [1.29, 1.82) is 0 Å². The average Bonchev–Trinajstić information content (AvgIpc) is 3.68. The van der Waals surface area contributed by atoms with Crippen LogP contribution in [0.5, 0.6) is 0 Å². The molecule has 2 aliphatic heterocycles. The molecule has 66 heavy (non-hydrogen) atoms. The highest BCUT2D eigenvalue weighted by molar-refractivity contribution is 6.05. The molecule has 18 heteroatoms. The summed E-state index contributed by atoms with van der Waals surface area (Å²) in [5, 5.41) is 20.5. The van der Waals surface area contributed by atoms with Gasteiger partial charge in [0.25, 0.3) is 0 Å². The van der Waals surface area contributed by atoms with E-state index in [4.69, 9.17) is 15.2 Å². The first-order valence-corrected chi connectivity index (χ1v) is 22.4. The SMILES string of the molecule is CC(C)(C)C(=O)OCc1ccc(NC(=O)[C@H](CCCNC(N)O)NC(=O)[C@@H](Cc2ccccc2)NC(=O)COC(CN2C(=O)CC(C(C)(C)C)C2=O)CN2C(=O)CC(C(C)(C)C)C2=O)cc1. The number of nitrogens with one attached hydrogen (secondary N) is 4. The summed E-state index contributed by atoms with van der Waals surface area (Å²) >= 11 is 0. The largest absolute Gasteiger partial charge is 0.460 e. The van der Waals surface area contributed by atoms with Crippen LogP contribution in [0.15, 0.2) is 54.6 Å². The molecule has 2 heterocycles. The summed E-state index contributed by atoms with van der Waals surface area (Å²) in [6, 6.07) is 13.1.